The van der Waals surface area contributed by atoms with E-state index >= 15 is 0 Å². The average molecular weight is 245 g/mol. The molecule has 0 radical (unpaired) electrons. The molecule has 98 valence electrons. The van der Waals surface area contributed by atoms with Gasteiger partial charge in [0.25, 0.3) is 0 Å². The molecule has 18 heavy (non-hydrogen) atoms. The highest BCUT2D eigenvalue weighted by Gasteiger charge is 2.32. The van der Waals surface area contributed by atoms with Gasteiger partial charge in [-0.15, -0.1) is 0 Å². The SMILES string of the molecule is CC1(C)CCC(Oc2ccc3c(c2)CNCC3)C1. The predicted octanol–water partition coefficient (Wildman–Crippen LogP) is 3.29. The topological polar surface area (TPSA) is 21.3 Å². The Balaban J connectivity index is 1.70. The van der Waals surface area contributed by atoms with E-state index in [2.05, 4.69) is 37.4 Å². The normalized spacial score (nSPS) is 25.8. The largest absolute Gasteiger partial charge is 0.490 e. The van der Waals surface area contributed by atoms with Crippen molar-refractivity contribution in [2.45, 2.75) is 52.2 Å². The van der Waals surface area contributed by atoms with Gasteiger partial charge in [0.05, 0.1) is 6.10 Å². The molecule has 1 atom stereocenters. The monoisotopic (exact) mass is 245 g/mol. The lowest BCUT2D eigenvalue weighted by atomic mass is 9.92. The van der Waals surface area contributed by atoms with Gasteiger partial charge < -0.3 is 10.1 Å². The molecule has 1 aromatic carbocycles. The zero-order valence-corrected chi connectivity index (χ0v) is 11.5. The summed E-state index contributed by atoms with van der Waals surface area (Å²) in [5.74, 6) is 1.06. The Morgan fingerprint density at radius 2 is 2.17 bits per heavy atom. The van der Waals surface area contributed by atoms with E-state index in [1.54, 1.807) is 0 Å². The van der Waals surface area contributed by atoms with Crippen molar-refractivity contribution in [3.63, 3.8) is 0 Å². The third-order valence-corrected chi connectivity index (χ3v) is 4.29. The maximum atomic E-state index is 6.15. The Labute approximate surface area is 110 Å². The van der Waals surface area contributed by atoms with Gasteiger partial charge >= 0.3 is 0 Å². The molecule has 1 aliphatic heterocycles. The predicted molar refractivity (Wildman–Crippen MR) is 73.9 cm³/mol. The van der Waals surface area contributed by atoms with Gasteiger partial charge in [0, 0.05) is 6.54 Å². The van der Waals surface area contributed by atoms with Crippen LogP contribution in [-0.4, -0.2) is 12.6 Å². The van der Waals surface area contributed by atoms with Crippen LogP contribution >= 0.6 is 0 Å². The Kier molecular flexibility index (Phi) is 3.06. The van der Waals surface area contributed by atoms with Crippen LogP contribution in [0.5, 0.6) is 5.75 Å². The molecule has 2 aliphatic rings. The zero-order valence-electron chi connectivity index (χ0n) is 11.5. The van der Waals surface area contributed by atoms with E-state index in [0.717, 1.165) is 25.3 Å². The second kappa shape index (κ2) is 4.58. The first-order valence-corrected chi connectivity index (χ1v) is 7.12. The number of hydrogen-bond donors (Lipinski definition) is 1. The van der Waals surface area contributed by atoms with Gasteiger partial charge in [0.2, 0.25) is 0 Å². The summed E-state index contributed by atoms with van der Waals surface area (Å²) in [5.41, 5.74) is 3.35. The average Bonchev–Trinajstić information content (AvgIpc) is 2.68. The molecular formula is C16H23NO. The Morgan fingerprint density at radius 1 is 1.28 bits per heavy atom. The van der Waals surface area contributed by atoms with E-state index in [1.165, 1.54) is 30.4 Å². The van der Waals surface area contributed by atoms with E-state index < -0.39 is 0 Å². The summed E-state index contributed by atoms with van der Waals surface area (Å²) in [6, 6.07) is 6.62. The highest BCUT2D eigenvalue weighted by atomic mass is 16.5. The summed E-state index contributed by atoms with van der Waals surface area (Å²) >= 11 is 0. The fourth-order valence-electron chi connectivity index (χ4n) is 3.20. The molecule has 3 rings (SSSR count). The van der Waals surface area contributed by atoms with Crippen LogP contribution in [0.4, 0.5) is 0 Å². The molecule has 0 bridgehead atoms. The summed E-state index contributed by atoms with van der Waals surface area (Å²) in [6.45, 7) is 6.77. The minimum atomic E-state index is 0.412. The second-order valence-electron chi connectivity index (χ2n) is 6.50. The van der Waals surface area contributed by atoms with E-state index in [-0.39, 0.29) is 0 Å². The molecule has 0 saturated heterocycles. The zero-order chi connectivity index (χ0) is 12.6. The molecule has 1 N–H and O–H groups in total. The van der Waals surface area contributed by atoms with Gasteiger partial charge in [0.15, 0.2) is 0 Å². The van der Waals surface area contributed by atoms with Crippen LogP contribution in [0, 0.1) is 5.41 Å². The third-order valence-electron chi connectivity index (χ3n) is 4.29. The van der Waals surface area contributed by atoms with Gasteiger partial charge in [0.1, 0.15) is 5.75 Å². The lowest BCUT2D eigenvalue weighted by Crippen LogP contribution is -2.23. The van der Waals surface area contributed by atoms with Crippen LogP contribution in [-0.2, 0) is 13.0 Å². The van der Waals surface area contributed by atoms with Crippen LogP contribution in [0.2, 0.25) is 0 Å². The van der Waals surface area contributed by atoms with Crippen LogP contribution in [0.3, 0.4) is 0 Å². The number of nitrogens with one attached hydrogen (secondary N) is 1. The molecule has 0 spiro atoms. The van der Waals surface area contributed by atoms with Crippen LogP contribution < -0.4 is 10.1 Å². The Hall–Kier alpha value is -1.02. The molecule has 1 aromatic rings. The van der Waals surface area contributed by atoms with Crippen molar-refractivity contribution >= 4 is 0 Å². The Morgan fingerprint density at radius 3 is 2.94 bits per heavy atom. The first-order valence-electron chi connectivity index (χ1n) is 7.12. The second-order valence-corrected chi connectivity index (χ2v) is 6.50. The van der Waals surface area contributed by atoms with Gasteiger partial charge in [-0.25, -0.2) is 0 Å². The van der Waals surface area contributed by atoms with Crippen molar-refractivity contribution in [1.29, 1.82) is 0 Å². The number of hydrogen-bond acceptors (Lipinski definition) is 2. The van der Waals surface area contributed by atoms with Crippen LogP contribution in [0.1, 0.15) is 44.2 Å². The van der Waals surface area contributed by atoms with Gasteiger partial charge in [-0.1, -0.05) is 19.9 Å². The fourth-order valence-corrected chi connectivity index (χ4v) is 3.20. The molecule has 1 aliphatic carbocycles. The van der Waals surface area contributed by atoms with E-state index in [1.807, 2.05) is 0 Å². The molecule has 1 saturated carbocycles. The highest BCUT2D eigenvalue weighted by Crippen LogP contribution is 2.39. The van der Waals surface area contributed by atoms with Crippen LogP contribution in [0.15, 0.2) is 18.2 Å². The highest BCUT2D eigenvalue weighted by molar-refractivity contribution is 5.37. The summed E-state index contributed by atoms with van der Waals surface area (Å²) in [4.78, 5) is 0. The quantitative estimate of drug-likeness (QED) is 0.863. The molecular weight excluding hydrogens is 222 g/mol. The van der Waals surface area contributed by atoms with E-state index in [0.29, 0.717) is 11.5 Å². The number of benzene rings is 1. The molecule has 2 nitrogen and oxygen atoms in total. The minimum Gasteiger partial charge on any atom is -0.490 e. The van der Waals surface area contributed by atoms with Crippen molar-refractivity contribution in [3.8, 4) is 5.75 Å². The third kappa shape index (κ3) is 2.54. The molecule has 1 heterocycles. The Bertz CT molecular complexity index is 439. The van der Waals surface area contributed by atoms with Gasteiger partial charge in [-0.05, 0) is 60.9 Å². The summed E-state index contributed by atoms with van der Waals surface area (Å²) in [6.07, 6.45) is 5.22. The number of rotatable bonds is 2. The van der Waals surface area contributed by atoms with Crippen molar-refractivity contribution < 1.29 is 4.74 Å². The fraction of sp³-hybridized carbons (Fsp3) is 0.625. The molecule has 1 fully saturated rings. The van der Waals surface area contributed by atoms with Crippen molar-refractivity contribution in [1.82, 2.24) is 5.32 Å². The first kappa shape index (κ1) is 12.0. The van der Waals surface area contributed by atoms with E-state index in [9.17, 15) is 0 Å². The molecule has 2 heteroatoms. The lowest BCUT2D eigenvalue weighted by molar-refractivity contribution is 0.193. The minimum absolute atomic E-state index is 0.412. The summed E-state index contributed by atoms with van der Waals surface area (Å²) in [7, 11) is 0. The molecule has 0 amide bonds. The van der Waals surface area contributed by atoms with Gasteiger partial charge in [-0.2, -0.15) is 0 Å². The van der Waals surface area contributed by atoms with Crippen molar-refractivity contribution in [3.05, 3.63) is 29.3 Å². The first-order chi connectivity index (χ1) is 8.62. The smallest absolute Gasteiger partial charge is 0.120 e. The summed E-state index contributed by atoms with van der Waals surface area (Å²) in [5, 5.41) is 3.42. The van der Waals surface area contributed by atoms with Crippen molar-refractivity contribution in [2.24, 2.45) is 5.41 Å². The molecule has 1 unspecified atom stereocenters. The standard InChI is InChI=1S/C16H23NO/c1-16(2)7-5-15(10-16)18-14-4-3-12-6-8-17-11-13(12)9-14/h3-4,9,15,17H,5-8,10-11H2,1-2H3. The number of fused-ring (bicyclic) bond motifs is 1. The maximum Gasteiger partial charge on any atom is 0.120 e. The maximum absolute atomic E-state index is 6.15. The van der Waals surface area contributed by atoms with E-state index in [4.69, 9.17) is 4.74 Å². The number of ether oxygens (including phenoxy) is 1. The lowest BCUT2D eigenvalue weighted by Gasteiger charge is -2.21. The molecule has 0 aromatic heterocycles. The summed E-state index contributed by atoms with van der Waals surface area (Å²) < 4.78 is 6.15. The van der Waals surface area contributed by atoms with Crippen molar-refractivity contribution in [2.75, 3.05) is 6.54 Å². The van der Waals surface area contributed by atoms with Gasteiger partial charge in [-0.3, -0.25) is 0 Å². The van der Waals surface area contributed by atoms with Crippen LogP contribution in [0.25, 0.3) is 0 Å².